The molecule has 0 radical (unpaired) electrons. The van der Waals surface area contributed by atoms with Crippen molar-refractivity contribution in [2.24, 2.45) is 7.05 Å². The van der Waals surface area contributed by atoms with Gasteiger partial charge in [0.25, 0.3) is 0 Å². The van der Waals surface area contributed by atoms with Crippen LogP contribution in [-0.2, 0) is 7.05 Å². The van der Waals surface area contributed by atoms with Crippen LogP contribution >= 0.6 is 0 Å². The van der Waals surface area contributed by atoms with E-state index in [9.17, 15) is 0 Å². The molecule has 2 nitrogen and oxygen atoms in total. The van der Waals surface area contributed by atoms with Crippen molar-refractivity contribution in [3.8, 4) is 11.1 Å². The first kappa shape index (κ1) is 31.1. The number of aryl methyl sites for hydroxylation is 1. The number of furan rings is 1. The number of hydrogen-bond donors (Lipinski definition) is 0. The molecule has 0 atom stereocenters. The molecule has 0 aliphatic carbocycles. The summed E-state index contributed by atoms with van der Waals surface area (Å²) in [6, 6.07) is 34.6. The van der Waals surface area contributed by atoms with Gasteiger partial charge in [0, 0.05) is 39.7 Å². The number of allylic oxidation sites excluding steroid dienone is 4. The second kappa shape index (κ2) is 14.4. The molecule has 2 aromatic heterocycles. The molecule has 0 saturated heterocycles. The molecule has 0 aliphatic heterocycles. The van der Waals surface area contributed by atoms with Gasteiger partial charge in [-0.15, -0.1) is 6.58 Å². The molecule has 5 aromatic carbocycles. The fourth-order valence-corrected chi connectivity index (χ4v) is 5.64. The van der Waals surface area contributed by atoms with Crippen molar-refractivity contribution in [3.05, 3.63) is 134 Å². The lowest BCUT2D eigenvalue weighted by molar-refractivity contribution is 0.669. The first-order chi connectivity index (χ1) is 21.1. The van der Waals surface area contributed by atoms with Gasteiger partial charge in [-0.2, -0.15) is 0 Å². The Morgan fingerprint density at radius 1 is 0.744 bits per heavy atom. The zero-order valence-electron chi connectivity index (χ0n) is 26.4. The number of para-hydroxylation sites is 2. The maximum atomic E-state index is 6.17. The Morgan fingerprint density at radius 3 is 2.07 bits per heavy atom. The average molecular weight is 566 g/mol. The molecule has 218 valence electrons. The van der Waals surface area contributed by atoms with Gasteiger partial charge in [0.15, 0.2) is 0 Å². The molecule has 0 aliphatic rings. The van der Waals surface area contributed by atoms with Crippen LogP contribution in [0.4, 0.5) is 0 Å². The molecular weight excluding hydrogens is 522 g/mol. The highest BCUT2D eigenvalue weighted by atomic mass is 16.3. The van der Waals surface area contributed by atoms with Crippen LogP contribution in [0.2, 0.25) is 0 Å². The predicted octanol–water partition coefficient (Wildman–Crippen LogP) is 12.8. The molecule has 7 rings (SSSR count). The van der Waals surface area contributed by atoms with Crippen LogP contribution in [0.25, 0.3) is 65.6 Å². The molecule has 0 spiro atoms. The molecule has 0 amide bonds. The minimum atomic E-state index is 0.930. The molecule has 0 bridgehead atoms. The zero-order valence-corrected chi connectivity index (χ0v) is 26.4. The van der Waals surface area contributed by atoms with Gasteiger partial charge in [0.1, 0.15) is 11.2 Å². The van der Waals surface area contributed by atoms with Gasteiger partial charge in [-0.1, -0.05) is 124 Å². The van der Waals surface area contributed by atoms with Crippen molar-refractivity contribution >= 4 is 54.5 Å². The number of hydrogen-bond acceptors (Lipinski definition) is 1. The summed E-state index contributed by atoms with van der Waals surface area (Å²) < 4.78 is 8.50. The summed E-state index contributed by atoms with van der Waals surface area (Å²) in [6.07, 6.45) is 6.81. The molecule has 0 fully saturated rings. The van der Waals surface area contributed by atoms with E-state index in [2.05, 4.69) is 123 Å². The van der Waals surface area contributed by atoms with E-state index < -0.39 is 0 Å². The van der Waals surface area contributed by atoms with E-state index in [0.29, 0.717) is 0 Å². The normalized spacial score (nSPS) is 11.0. The lowest BCUT2D eigenvalue weighted by Crippen LogP contribution is -1.90. The molecule has 2 heterocycles. The Kier molecular flexibility index (Phi) is 10.4. The SMILES string of the molecule is C=C/C(=C/C)CC.C=CC.CC.Cn1c2ccc3ccccc3c2c2cccc(-c3ccc4c(c3)oc3ccccc34)c21. The Hall–Kier alpha value is -4.82. The first-order valence-electron chi connectivity index (χ1n) is 15.2. The van der Waals surface area contributed by atoms with Crippen LogP contribution in [0.5, 0.6) is 0 Å². The van der Waals surface area contributed by atoms with Crippen molar-refractivity contribution in [2.75, 3.05) is 0 Å². The van der Waals surface area contributed by atoms with Gasteiger partial charge in [-0.3, -0.25) is 0 Å². The maximum absolute atomic E-state index is 6.17. The van der Waals surface area contributed by atoms with Crippen LogP contribution in [0.1, 0.15) is 41.0 Å². The third kappa shape index (κ3) is 6.05. The van der Waals surface area contributed by atoms with Crippen molar-refractivity contribution in [1.82, 2.24) is 4.57 Å². The standard InChI is InChI=1S/C29H19NO.C7H12.C3H6.C2H6/c1-30-25-16-14-18-7-2-3-8-20(18)28(25)24-11-6-10-21(29(24)30)19-13-15-23-22-9-4-5-12-26(22)31-27(23)17-19;1-4-7(5-2)6-3;1-3-2;1-2/h2-17H,1H3;4-5H,1,6H2,2-3H3;3H,1H2,2H3;1-2H3/b;7-5-;;. The van der Waals surface area contributed by atoms with E-state index in [1.807, 2.05) is 45.9 Å². The van der Waals surface area contributed by atoms with E-state index in [1.165, 1.54) is 54.7 Å². The minimum absolute atomic E-state index is 0.930. The second-order valence-corrected chi connectivity index (χ2v) is 10.1. The first-order valence-corrected chi connectivity index (χ1v) is 15.2. The Bertz CT molecular complexity index is 2050. The van der Waals surface area contributed by atoms with E-state index in [-0.39, 0.29) is 0 Å². The number of rotatable bonds is 3. The highest BCUT2D eigenvalue weighted by Gasteiger charge is 2.16. The third-order valence-corrected chi connectivity index (χ3v) is 7.64. The topological polar surface area (TPSA) is 18.1 Å². The van der Waals surface area contributed by atoms with Crippen LogP contribution in [0.3, 0.4) is 0 Å². The molecule has 2 heteroatoms. The van der Waals surface area contributed by atoms with Crippen LogP contribution in [0.15, 0.2) is 138 Å². The molecule has 0 saturated carbocycles. The van der Waals surface area contributed by atoms with Crippen LogP contribution in [0, 0.1) is 0 Å². The lowest BCUT2D eigenvalue weighted by atomic mass is 9.99. The number of fused-ring (bicyclic) bond motifs is 8. The molecule has 7 aromatic rings. The second-order valence-electron chi connectivity index (χ2n) is 10.1. The van der Waals surface area contributed by atoms with Crippen molar-refractivity contribution in [1.29, 1.82) is 0 Å². The summed E-state index contributed by atoms with van der Waals surface area (Å²) in [6.45, 7) is 17.0. The van der Waals surface area contributed by atoms with E-state index in [0.717, 1.165) is 23.0 Å². The molecule has 0 unspecified atom stereocenters. The number of aromatic nitrogens is 1. The highest BCUT2D eigenvalue weighted by molar-refractivity contribution is 6.22. The van der Waals surface area contributed by atoms with Gasteiger partial charge < -0.3 is 8.98 Å². The average Bonchev–Trinajstić information content (AvgIpc) is 3.58. The fourth-order valence-electron chi connectivity index (χ4n) is 5.64. The van der Waals surface area contributed by atoms with E-state index >= 15 is 0 Å². The maximum Gasteiger partial charge on any atom is 0.136 e. The molecular formula is C41H43NO. The van der Waals surface area contributed by atoms with Gasteiger partial charge in [0.05, 0.1) is 5.52 Å². The summed E-state index contributed by atoms with van der Waals surface area (Å²) >= 11 is 0. The van der Waals surface area contributed by atoms with Crippen LogP contribution < -0.4 is 0 Å². The monoisotopic (exact) mass is 565 g/mol. The Morgan fingerprint density at radius 2 is 1.40 bits per heavy atom. The third-order valence-electron chi connectivity index (χ3n) is 7.64. The summed E-state index contributed by atoms with van der Waals surface area (Å²) in [5.41, 5.74) is 8.09. The van der Waals surface area contributed by atoms with Gasteiger partial charge in [-0.05, 0) is 60.9 Å². The molecule has 0 N–H and O–H groups in total. The summed E-state index contributed by atoms with van der Waals surface area (Å²) in [4.78, 5) is 0. The van der Waals surface area contributed by atoms with Crippen molar-refractivity contribution in [3.63, 3.8) is 0 Å². The summed E-state index contributed by atoms with van der Waals surface area (Å²) in [5, 5.41) is 7.51. The Balaban J connectivity index is 0.000000306. The summed E-state index contributed by atoms with van der Waals surface area (Å²) in [5.74, 6) is 0. The lowest BCUT2D eigenvalue weighted by Gasteiger charge is -2.07. The molecule has 43 heavy (non-hydrogen) atoms. The highest BCUT2D eigenvalue weighted by Crippen LogP contribution is 2.40. The summed E-state index contributed by atoms with van der Waals surface area (Å²) in [7, 11) is 2.17. The number of benzene rings is 5. The van der Waals surface area contributed by atoms with Gasteiger partial charge in [0.2, 0.25) is 0 Å². The smallest absolute Gasteiger partial charge is 0.136 e. The predicted molar refractivity (Wildman–Crippen MR) is 192 cm³/mol. The fraction of sp³-hybridized carbons (Fsp3) is 0.171. The van der Waals surface area contributed by atoms with Crippen LogP contribution in [-0.4, -0.2) is 4.57 Å². The number of nitrogens with zero attached hydrogens (tertiary/aromatic N) is 1. The zero-order chi connectivity index (χ0) is 30.9. The van der Waals surface area contributed by atoms with E-state index in [4.69, 9.17) is 4.42 Å². The quantitative estimate of drug-likeness (QED) is 0.154. The van der Waals surface area contributed by atoms with Gasteiger partial charge >= 0.3 is 0 Å². The van der Waals surface area contributed by atoms with Gasteiger partial charge in [-0.25, -0.2) is 0 Å². The minimum Gasteiger partial charge on any atom is -0.456 e. The van der Waals surface area contributed by atoms with Crippen molar-refractivity contribution < 1.29 is 4.42 Å². The van der Waals surface area contributed by atoms with Crippen molar-refractivity contribution in [2.45, 2.75) is 41.0 Å². The largest absolute Gasteiger partial charge is 0.456 e. The van der Waals surface area contributed by atoms with E-state index in [1.54, 1.807) is 6.08 Å². The Labute approximate surface area is 256 Å².